The lowest BCUT2D eigenvalue weighted by molar-refractivity contribution is -0.135. The minimum Gasteiger partial charge on any atom is -0.490 e. The molecule has 1 heterocycles. The van der Waals surface area contributed by atoms with Crippen LogP contribution in [0.5, 0.6) is 5.75 Å². The lowest BCUT2D eigenvalue weighted by Gasteiger charge is -2.30. The molecule has 1 N–H and O–H groups in total. The summed E-state index contributed by atoms with van der Waals surface area (Å²) in [5.41, 5.74) is 2.10. The highest BCUT2D eigenvalue weighted by Crippen LogP contribution is 2.32. The molecule has 5 nitrogen and oxygen atoms in total. The summed E-state index contributed by atoms with van der Waals surface area (Å²) in [7, 11) is 4.08. The van der Waals surface area contributed by atoms with Crippen molar-refractivity contribution < 1.29 is 14.6 Å². The van der Waals surface area contributed by atoms with Gasteiger partial charge in [0.05, 0.1) is 12.2 Å². The molecule has 0 amide bonds. The van der Waals surface area contributed by atoms with Crippen LogP contribution < -0.4 is 9.64 Å². The standard InChI is InChI=1S/C14H20N2O3/c1-15(2)6-5-11-3-4-13-12(9-11)16(7-8-19-13)10-14(17)18/h3-4,9H,5-8,10H2,1-2H3,(H,17,18). The zero-order valence-electron chi connectivity index (χ0n) is 11.4. The largest absolute Gasteiger partial charge is 0.490 e. The minimum atomic E-state index is -0.813. The van der Waals surface area contributed by atoms with Gasteiger partial charge in [-0.15, -0.1) is 0 Å². The predicted octanol–water partition coefficient (Wildman–Crippen LogP) is 1.07. The highest BCUT2D eigenvalue weighted by molar-refractivity contribution is 5.75. The number of carboxylic acids is 1. The number of carboxylic acid groups (broad SMARTS) is 1. The Kier molecular flexibility index (Phi) is 4.27. The average Bonchev–Trinajstić information content (AvgIpc) is 2.36. The number of rotatable bonds is 5. The quantitative estimate of drug-likeness (QED) is 0.862. The number of benzene rings is 1. The maximum atomic E-state index is 10.9. The molecule has 0 unspecified atom stereocenters. The molecule has 0 saturated carbocycles. The van der Waals surface area contributed by atoms with Gasteiger partial charge in [-0.1, -0.05) is 6.07 Å². The zero-order valence-corrected chi connectivity index (χ0v) is 11.4. The lowest BCUT2D eigenvalue weighted by atomic mass is 10.1. The first kappa shape index (κ1) is 13.7. The Morgan fingerprint density at radius 2 is 2.26 bits per heavy atom. The van der Waals surface area contributed by atoms with Gasteiger partial charge < -0.3 is 19.6 Å². The van der Waals surface area contributed by atoms with Crippen LogP contribution in [0.4, 0.5) is 5.69 Å². The third-order valence-corrected chi connectivity index (χ3v) is 3.16. The second-order valence-corrected chi connectivity index (χ2v) is 5.02. The first-order chi connectivity index (χ1) is 9.06. The third kappa shape index (κ3) is 3.61. The minimum absolute atomic E-state index is 0.0213. The second-order valence-electron chi connectivity index (χ2n) is 5.02. The average molecular weight is 264 g/mol. The van der Waals surface area contributed by atoms with Gasteiger partial charge in [-0.05, 0) is 38.2 Å². The van der Waals surface area contributed by atoms with Gasteiger partial charge in [0.1, 0.15) is 18.9 Å². The first-order valence-corrected chi connectivity index (χ1v) is 6.43. The van der Waals surface area contributed by atoms with Crippen LogP contribution in [-0.2, 0) is 11.2 Å². The summed E-state index contributed by atoms with van der Waals surface area (Å²) in [5, 5.41) is 8.95. The topological polar surface area (TPSA) is 53.0 Å². The Morgan fingerprint density at radius 3 is 2.95 bits per heavy atom. The molecule has 0 spiro atoms. The van der Waals surface area contributed by atoms with E-state index in [1.54, 1.807) is 0 Å². The van der Waals surface area contributed by atoms with Gasteiger partial charge in [0.25, 0.3) is 0 Å². The Bertz CT molecular complexity index is 460. The number of aliphatic carboxylic acids is 1. The second kappa shape index (κ2) is 5.93. The smallest absolute Gasteiger partial charge is 0.323 e. The van der Waals surface area contributed by atoms with E-state index in [4.69, 9.17) is 9.84 Å². The molecule has 19 heavy (non-hydrogen) atoms. The highest BCUT2D eigenvalue weighted by Gasteiger charge is 2.20. The zero-order chi connectivity index (χ0) is 13.8. The van der Waals surface area contributed by atoms with Gasteiger partial charge in [-0.2, -0.15) is 0 Å². The van der Waals surface area contributed by atoms with E-state index in [2.05, 4.69) is 4.90 Å². The molecular formula is C14H20N2O3. The maximum Gasteiger partial charge on any atom is 0.323 e. The van der Waals surface area contributed by atoms with Gasteiger partial charge in [-0.3, -0.25) is 4.79 Å². The number of nitrogens with zero attached hydrogens (tertiary/aromatic N) is 2. The molecule has 0 aliphatic carbocycles. The van der Waals surface area contributed by atoms with Crippen LogP contribution in [-0.4, -0.2) is 56.3 Å². The number of likely N-dealkylation sites (N-methyl/N-ethyl adjacent to an activating group) is 1. The van der Waals surface area contributed by atoms with Gasteiger partial charge >= 0.3 is 5.97 Å². The molecule has 1 aliphatic heterocycles. The van der Waals surface area contributed by atoms with Gasteiger partial charge in [-0.25, -0.2) is 0 Å². The summed E-state index contributed by atoms with van der Waals surface area (Å²) in [6, 6.07) is 6.03. The maximum absolute atomic E-state index is 10.9. The number of ether oxygens (including phenoxy) is 1. The van der Waals surface area contributed by atoms with Crippen LogP contribution in [0.3, 0.4) is 0 Å². The van der Waals surface area contributed by atoms with Crippen molar-refractivity contribution in [2.75, 3.05) is 45.2 Å². The number of carbonyl (C=O) groups is 1. The molecule has 0 fully saturated rings. The van der Waals surface area contributed by atoms with Crippen LogP contribution in [0.1, 0.15) is 5.56 Å². The summed E-state index contributed by atoms with van der Waals surface area (Å²) >= 11 is 0. The molecule has 0 aromatic heterocycles. The molecule has 1 aliphatic rings. The van der Waals surface area contributed by atoms with Crippen LogP contribution in [0.25, 0.3) is 0 Å². The fourth-order valence-electron chi connectivity index (χ4n) is 2.15. The molecule has 1 aromatic carbocycles. The van der Waals surface area contributed by atoms with Crippen LogP contribution in [0.2, 0.25) is 0 Å². The number of fused-ring (bicyclic) bond motifs is 1. The summed E-state index contributed by atoms with van der Waals surface area (Å²) in [6.45, 7) is 2.15. The SMILES string of the molecule is CN(C)CCc1ccc2c(c1)N(CC(=O)O)CCO2. The van der Waals surface area contributed by atoms with E-state index in [1.807, 2.05) is 37.2 Å². The third-order valence-electron chi connectivity index (χ3n) is 3.16. The van der Waals surface area contributed by atoms with Gasteiger partial charge in [0.15, 0.2) is 0 Å². The van der Waals surface area contributed by atoms with Crippen molar-refractivity contribution in [2.45, 2.75) is 6.42 Å². The van der Waals surface area contributed by atoms with E-state index in [1.165, 1.54) is 5.56 Å². The number of hydrogen-bond donors (Lipinski definition) is 1. The van der Waals surface area contributed by atoms with Crippen molar-refractivity contribution in [1.29, 1.82) is 0 Å². The molecule has 0 saturated heterocycles. The summed E-state index contributed by atoms with van der Waals surface area (Å²) in [4.78, 5) is 14.9. The lowest BCUT2D eigenvalue weighted by Crippen LogP contribution is -2.36. The van der Waals surface area contributed by atoms with E-state index in [0.29, 0.717) is 13.2 Å². The number of anilines is 1. The predicted molar refractivity (Wildman–Crippen MR) is 74.0 cm³/mol. The fraction of sp³-hybridized carbons (Fsp3) is 0.500. The Balaban J connectivity index is 2.17. The molecule has 1 aromatic rings. The molecular weight excluding hydrogens is 244 g/mol. The molecule has 5 heteroatoms. The molecule has 104 valence electrons. The van der Waals surface area contributed by atoms with Crippen molar-refractivity contribution in [2.24, 2.45) is 0 Å². The summed E-state index contributed by atoms with van der Waals surface area (Å²) < 4.78 is 5.57. The summed E-state index contributed by atoms with van der Waals surface area (Å²) in [6.07, 6.45) is 0.946. The van der Waals surface area contributed by atoms with Crippen LogP contribution in [0.15, 0.2) is 18.2 Å². The van der Waals surface area contributed by atoms with Crippen molar-refractivity contribution in [3.63, 3.8) is 0 Å². The highest BCUT2D eigenvalue weighted by atomic mass is 16.5. The van der Waals surface area contributed by atoms with Gasteiger partial charge in [0, 0.05) is 6.54 Å². The molecule has 0 atom stereocenters. The van der Waals surface area contributed by atoms with Crippen molar-refractivity contribution in [3.05, 3.63) is 23.8 Å². The Labute approximate surface area is 113 Å². The van der Waals surface area contributed by atoms with Crippen molar-refractivity contribution in [1.82, 2.24) is 4.90 Å². The Hall–Kier alpha value is -1.75. The Morgan fingerprint density at radius 1 is 1.47 bits per heavy atom. The van der Waals surface area contributed by atoms with Crippen LogP contribution in [0, 0.1) is 0 Å². The van der Waals surface area contributed by atoms with E-state index in [-0.39, 0.29) is 6.54 Å². The molecule has 0 bridgehead atoms. The normalized spacial score (nSPS) is 14.2. The fourth-order valence-corrected chi connectivity index (χ4v) is 2.15. The van der Waals surface area contributed by atoms with E-state index in [9.17, 15) is 4.79 Å². The van der Waals surface area contributed by atoms with E-state index >= 15 is 0 Å². The van der Waals surface area contributed by atoms with Crippen molar-refractivity contribution in [3.8, 4) is 5.75 Å². The van der Waals surface area contributed by atoms with E-state index < -0.39 is 5.97 Å². The molecule has 2 rings (SSSR count). The summed E-state index contributed by atoms with van der Waals surface area (Å²) in [5.74, 6) is -0.0346. The number of hydrogen-bond acceptors (Lipinski definition) is 4. The van der Waals surface area contributed by atoms with E-state index in [0.717, 1.165) is 24.4 Å². The van der Waals surface area contributed by atoms with Crippen LogP contribution >= 0.6 is 0 Å². The molecule has 0 radical (unpaired) electrons. The first-order valence-electron chi connectivity index (χ1n) is 6.43. The monoisotopic (exact) mass is 264 g/mol. The van der Waals surface area contributed by atoms with Crippen molar-refractivity contribution >= 4 is 11.7 Å². The van der Waals surface area contributed by atoms with Gasteiger partial charge in [0.2, 0.25) is 0 Å².